The van der Waals surface area contributed by atoms with Gasteiger partial charge >= 0.3 is 0 Å². The smallest absolute Gasteiger partial charge is 0.0207 e. The molecule has 2 heteroatoms. The van der Waals surface area contributed by atoms with E-state index in [-0.39, 0.29) is 5.41 Å². The van der Waals surface area contributed by atoms with Gasteiger partial charge in [-0.25, -0.2) is 0 Å². The Hall–Kier alpha value is -0.340. The lowest BCUT2D eigenvalue weighted by atomic mass is 9.86. The van der Waals surface area contributed by atoms with Crippen LogP contribution in [-0.2, 0) is 6.42 Å². The molecule has 2 N–H and O–H groups in total. The van der Waals surface area contributed by atoms with Crippen molar-refractivity contribution in [2.45, 2.75) is 27.2 Å². The summed E-state index contributed by atoms with van der Waals surface area (Å²) in [7, 11) is 0. The van der Waals surface area contributed by atoms with Gasteiger partial charge in [-0.1, -0.05) is 41.9 Å². The van der Waals surface area contributed by atoms with Crippen molar-refractivity contribution in [1.82, 2.24) is 0 Å². The van der Waals surface area contributed by atoms with Crippen LogP contribution in [0.3, 0.4) is 0 Å². The van der Waals surface area contributed by atoms with E-state index in [0.29, 0.717) is 0 Å². The summed E-state index contributed by atoms with van der Waals surface area (Å²) in [6.07, 6.45) is 1.03. The first-order valence-electron chi connectivity index (χ1n) is 4.90. The lowest BCUT2D eigenvalue weighted by molar-refractivity contribution is 0.376. The zero-order chi connectivity index (χ0) is 10.8. The monoisotopic (exact) mass is 255 g/mol. The molecule has 0 saturated heterocycles. The number of hydrogen-bond acceptors (Lipinski definition) is 1. The van der Waals surface area contributed by atoms with Crippen LogP contribution in [0.2, 0.25) is 0 Å². The van der Waals surface area contributed by atoms with Crippen molar-refractivity contribution < 1.29 is 0 Å². The number of benzene rings is 1. The van der Waals surface area contributed by atoms with Crippen LogP contribution < -0.4 is 5.73 Å². The summed E-state index contributed by atoms with van der Waals surface area (Å²) < 4.78 is 1.18. The quantitative estimate of drug-likeness (QED) is 0.882. The minimum absolute atomic E-state index is 0.189. The van der Waals surface area contributed by atoms with E-state index in [1.165, 1.54) is 15.6 Å². The zero-order valence-corrected chi connectivity index (χ0v) is 10.7. The molecule has 0 atom stereocenters. The highest BCUT2D eigenvalue weighted by Gasteiger charge is 2.16. The molecule has 0 amide bonds. The van der Waals surface area contributed by atoms with E-state index in [1.807, 2.05) is 0 Å². The van der Waals surface area contributed by atoms with Crippen molar-refractivity contribution in [3.05, 3.63) is 33.8 Å². The molecule has 0 spiro atoms. The second kappa shape index (κ2) is 4.45. The van der Waals surface area contributed by atoms with Crippen LogP contribution in [0.1, 0.15) is 25.0 Å². The van der Waals surface area contributed by atoms with Crippen LogP contribution in [0.5, 0.6) is 0 Å². The minimum atomic E-state index is 0.189. The summed E-state index contributed by atoms with van der Waals surface area (Å²) in [5.41, 5.74) is 8.52. The second-order valence-electron chi connectivity index (χ2n) is 4.63. The van der Waals surface area contributed by atoms with Crippen molar-refractivity contribution in [2.24, 2.45) is 11.1 Å². The van der Waals surface area contributed by atoms with Crippen molar-refractivity contribution in [3.8, 4) is 0 Å². The van der Waals surface area contributed by atoms with Crippen molar-refractivity contribution in [1.29, 1.82) is 0 Å². The average molecular weight is 256 g/mol. The van der Waals surface area contributed by atoms with Gasteiger partial charge in [-0.3, -0.25) is 0 Å². The predicted molar refractivity (Wildman–Crippen MR) is 65.4 cm³/mol. The zero-order valence-electron chi connectivity index (χ0n) is 9.10. The highest BCUT2D eigenvalue weighted by molar-refractivity contribution is 9.10. The Labute approximate surface area is 94.8 Å². The van der Waals surface area contributed by atoms with Crippen molar-refractivity contribution in [2.75, 3.05) is 6.54 Å². The maximum absolute atomic E-state index is 5.71. The Balaban J connectivity index is 2.83. The van der Waals surface area contributed by atoms with Gasteiger partial charge in [0.1, 0.15) is 0 Å². The predicted octanol–water partition coefficient (Wildman–Crippen LogP) is 3.28. The summed E-state index contributed by atoms with van der Waals surface area (Å²) >= 11 is 3.54. The molecule has 0 aliphatic heterocycles. The third kappa shape index (κ3) is 3.10. The number of nitrogens with two attached hydrogens (primary N) is 1. The molecule has 78 valence electrons. The van der Waals surface area contributed by atoms with E-state index < -0.39 is 0 Å². The summed E-state index contributed by atoms with van der Waals surface area (Å²) in [6.45, 7) is 7.21. The Kier molecular flexibility index (Phi) is 3.73. The molecule has 0 unspecified atom stereocenters. The summed E-state index contributed by atoms with van der Waals surface area (Å²) in [4.78, 5) is 0. The third-order valence-electron chi connectivity index (χ3n) is 2.47. The van der Waals surface area contributed by atoms with Gasteiger partial charge in [0, 0.05) is 4.47 Å². The van der Waals surface area contributed by atoms with Gasteiger partial charge in [-0.2, -0.15) is 0 Å². The molecule has 1 aromatic carbocycles. The fraction of sp³-hybridized carbons (Fsp3) is 0.500. The third-order valence-corrected chi connectivity index (χ3v) is 3.33. The van der Waals surface area contributed by atoms with E-state index in [9.17, 15) is 0 Å². The fourth-order valence-electron chi connectivity index (χ4n) is 1.37. The standard InChI is InChI=1S/C12H18BrN/c1-9-4-5-10(6-11(9)13)7-12(2,3)8-14/h4-6H,7-8,14H2,1-3H3. The number of rotatable bonds is 3. The first-order valence-corrected chi connectivity index (χ1v) is 5.69. The normalized spacial score (nSPS) is 11.8. The Bertz CT molecular complexity index is 318. The van der Waals surface area contributed by atoms with Crippen molar-refractivity contribution in [3.63, 3.8) is 0 Å². The maximum atomic E-state index is 5.71. The highest BCUT2D eigenvalue weighted by Crippen LogP contribution is 2.24. The summed E-state index contributed by atoms with van der Waals surface area (Å²) in [5.74, 6) is 0. The molecule has 1 aromatic rings. The van der Waals surface area contributed by atoms with Crippen LogP contribution >= 0.6 is 15.9 Å². The molecule has 14 heavy (non-hydrogen) atoms. The molecule has 0 aliphatic carbocycles. The first kappa shape index (κ1) is 11.7. The van der Waals surface area contributed by atoms with Gasteiger partial charge in [0.2, 0.25) is 0 Å². The van der Waals surface area contributed by atoms with Gasteiger partial charge in [-0.15, -0.1) is 0 Å². The average Bonchev–Trinajstić information content (AvgIpc) is 2.11. The lowest BCUT2D eigenvalue weighted by Crippen LogP contribution is -2.25. The number of halogens is 1. The van der Waals surface area contributed by atoms with Gasteiger partial charge in [-0.05, 0) is 42.5 Å². The van der Waals surface area contributed by atoms with Gasteiger partial charge in [0.15, 0.2) is 0 Å². The highest BCUT2D eigenvalue weighted by atomic mass is 79.9. The van der Waals surface area contributed by atoms with Gasteiger partial charge in [0.05, 0.1) is 0 Å². The molecule has 0 aliphatic rings. The maximum Gasteiger partial charge on any atom is 0.0207 e. The van der Waals surface area contributed by atoms with Crippen LogP contribution in [0.25, 0.3) is 0 Å². The Morgan fingerprint density at radius 3 is 2.50 bits per heavy atom. The number of aryl methyl sites for hydroxylation is 1. The van der Waals surface area contributed by atoms with E-state index in [2.05, 4.69) is 54.9 Å². The SMILES string of the molecule is Cc1ccc(CC(C)(C)CN)cc1Br. The topological polar surface area (TPSA) is 26.0 Å². The van der Waals surface area contributed by atoms with E-state index in [4.69, 9.17) is 5.73 Å². The van der Waals surface area contributed by atoms with Gasteiger partial charge < -0.3 is 5.73 Å². The molecule has 0 radical (unpaired) electrons. The number of hydrogen-bond donors (Lipinski definition) is 1. The summed E-state index contributed by atoms with van der Waals surface area (Å²) in [5, 5.41) is 0. The first-order chi connectivity index (χ1) is 6.44. The summed E-state index contributed by atoms with van der Waals surface area (Å²) in [6, 6.07) is 6.51. The molecule has 0 saturated carbocycles. The molecular weight excluding hydrogens is 238 g/mol. The van der Waals surface area contributed by atoms with Crippen LogP contribution in [0.4, 0.5) is 0 Å². The van der Waals surface area contributed by atoms with Crippen LogP contribution in [0.15, 0.2) is 22.7 Å². The molecule has 1 rings (SSSR count). The Morgan fingerprint density at radius 2 is 2.00 bits per heavy atom. The van der Waals surface area contributed by atoms with Crippen LogP contribution in [0, 0.1) is 12.3 Å². The van der Waals surface area contributed by atoms with E-state index in [0.717, 1.165) is 13.0 Å². The minimum Gasteiger partial charge on any atom is -0.330 e. The molecular formula is C12H18BrN. The van der Waals surface area contributed by atoms with Crippen LogP contribution in [-0.4, -0.2) is 6.54 Å². The largest absolute Gasteiger partial charge is 0.330 e. The molecule has 0 aromatic heterocycles. The molecule has 0 bridgehead atoms. The van der Waals surface area contributed by atoms with E-state index in [1.54, 1.807) is 0 Å². The van der Waals surface area contributed by atoms with Crippen molar-refractivity contribution >= 4 is 15.9 Å². The second-order valence-corrected chi connectivity index (χ2v) is 5.48. The van der Waals surface area contributed by atoms with Gasteiger partial charge in [0.25, 0.3) is 0 Å². The Morgan fingerprint density at radius 1 is 1.36 bits per heavy atom. The lowest BCUT2D eigenvalue weighted by Gasteiger charge is -2.22. The molecule has 0 fully saturated rings. The molecule has 1 nitrogen and oxygen atoms in total. The van der Waals surface area contributed by atoms with E-state index >= 15 is 0 Å². The fourth-order valence-corrected chi connectivity index (χ4v) is 1.80. The molecule has 0 heterocycles.